The minimum absolute atomic E-state index is 0.199. The number of aryl methyl sites for hydroxylation is 3. The second kappa shape index (κ2) is 8.98. The number of aromatic nitrogens is 1. The van der Waals surface area contributed by atoms with Crippen LogP contribution < -0.4 is 4.74 Å². The molecule has 2 aromatic rings. The zero-order chi connectivity index (χ0) is 21.0. The first-order valence-corrected chi connectivity index (χ1v) is 9.77. The molecule has 1 fully saturated rings. The van der Waals surface area contributed by atoms with Crippen LogP contribution in [-0.4, -0.2) is 59.7 Å². The first-order chi connectivity index (χ1) is 13.9. The van der Waals surface area contributed by atoms with Gasteiger partial charge >= 0.3 is 6.09 Å². The highest BCUT2D eigenvalue weighted by Gasteiger charge is 2.29. The molecule has 0 atom stereocenters. The van der Waals surface area contributed by atoms with Crippen molar-refractivity contribution < 1.29 is 23.6 Å². The Hall–Kier alpha value is -3.03. The Bertz CT molecular complexity index is 864. The fraction of sp³-hybridized carbons (Fsp3) is 0.476. The van der Waals surface area contributed by atoms with Crippen LogP contribution in [0.1, 0.15) is 39.9 Å². The van der Waals surface area contributed by atoms with Gasteiger partial charge in [0.1, 0.15) is 18.1 Å². The highest BCUT2D eigenvalue weighted by atomic mass is 16.6. The lowest BCUT2D eigenvalue weighted by molar-refractivity contribution is 0.0560. The van der Waals surface area contributed by atoms with Crippen LogP contribution in [-0.2, 0) is 11.3 Å². The van der Waals surface area contributed by atoms with Crippen LogP contribution in [0.3, 0.4) is 0 Å². The van der Waals surface area contributed by atoms with Crippen molar-refractivity contribution >= 4 is 12.0 Å². The van der Waals surface area contributed by atoms with Crippen molar-refractivity contribution in [1.82, 2.24) is 15.0 Å². The van der Waals surface area contributed by atoms with E-state index < -0.39 is 0 Å². The molecule has 0 N–H and O–H groups in total. The summed E-state index contributed by atoms with van der Waals surface area (Å²) in [4.78, 5) is 28.1. The van der Waals surface area contributed by atoms with E-state index in [1.807, 2.05) is 32.0 Å². The smallest absolute Gasteiger partial charge is 0.409 e. The topological polar surface area (TPSA) is 85.1 Å². The van der Waals surface area contributed by atoms with Gasteiger partial charge in [0.25, 0.3) is 5.91 Å². The van der Waals surface area contributed by atoms with Gasteiger partial charge in [-0.25, -0.2) is 4.79 Å². The summed E-state index contributed by atoms with van der Waals surface area (Å²) in [6.45, 7) is 9.73. The molecule has 2 amide bonds. The Morgan fingerprint density at radius 2 is 1.69 bits per heavy atom. The summed E-state index contributed by atoms with van der Waals surface area (Å²) < 4.78 is 16.3. The van der Waals surface area contributed by atoms with Gasteiger partial charge in [0.05, 0.1) is 12.2 Å². The van der Waals surface area contributed by atoms with E-state index in [2.05, 4.69) is 5.16 Å². The molecule has 2 heterocycles. The van der Waals surface area contributed by atoms with Crippen LogP contribution in [0.2, 0.25) is 0 Å². The second-order valence-corrected chi connectivity index (χ2v) is 7.05. The van der Waals surface area contributed by atoms with E-state index >= 15 is 0 Å². The molecular formula is C21H27N3O5. The molecule has 8 heteroatoms. The van der Waals surface area contributed by atoms with Crippen LogP contribution in [0, 0.1) is 20.8 Å². The molecule has 0 aliphatic carbocycles. The third-order valence-electron chi connectivity index (χ3n) is 5.05. The molecule has 8 nitrogen and oxygen atoms in total. The van der Waals surface area contributed by atoms with Crippen molar-refractivity contribution in [3.63, 3.8) is 0 Å². The Morgan fingerprint density at radius 1 is 1.07 bits per heavy atom. The molecule has 0 saturated carbocycles. The lowest BCUT2D eigenvalue weighted by atomic mass is 10.1. The first kappa shape index (κ1) is 20.7. The molecule has 156 valence electrons. The van der Waals surface area contributed by atoms with Crippen molar-refractivity contribution in [1.29, 1.82) is 0 Å². The van der Waals surface area contributed by atoms with Gasteiger partial charge in [-0.3, -0.25) is 4.79 Å². The van der Waals surface area contributed by atoms with E-state index in [1.54, 1.807) is 23.6 Å². The van der Waals surface area contributed by atoms with E-state index in [1.165, 1.54) is 0 Å². The molecule has 1 aliphatic rings. The Labute approximate surface area is 170 Å². The average Bonchev–Trinajstić information content (AvgIpc) is 3.08. The molecule has 29 heavy (non-hydrogen) atoms. The zero-order valence-electron chi connectivity index (χ0n) is 17.4. The molecule has 0 unspecified atom stereocenters. The maximum atomic E-state index is 13.0. The number of hydrogen-bond acceptors (Lipinski definition) is 6. The van der Waals surface area contributed by atoms with Gasteiger partial charge in [-0.15, -0.1) is 0 Å². The molecule has 0 radical (unpaired) electrons. The summed E-state index contributed by atoms with van der Waals surface area (Å²) in [7, 11) is 0. The van der Waals surface area contributed by atoms with Crippen LogP contribution in [0.25, 0.3) is 0 Å². The van der Waals surface area contributed by atoms with Crippen molar-refractivity contribution in [2.75, 3.05) is 32.8 Å². The summed E-state index contributed by atoms with van der Waals surface area (Å²) in [5, 5.41) is 3.98. The Kier molecular flexibility index (Phi) is 6.41. The van der Waals surface area contributed by atoms with Gasteiger partial charge in [0.15, 0.2) is 5.69 Å². The first-order valence-electron chi connectivity index (χ1n) is 9.77. The van der Waals surface area contributed by atoms with Crippen molar-refractivity contribution in [2.45, 2.75) is 34.3 Å². The highest BCUT2D eigenvalue weighted by Crippen LogP contribution is 2.25. The number of amides is 2. The fourth-order valence-electron chi connectivity index (χ4n) is 3.36. The minimum atomic E-state index is -0.348. The maximum absolute atomic E-state index is 13.0. The Morgan fingerprint density at radius 3 is 2.31 bits per heavy atom. The predicted molar refractivity (Wildman–Crippen MR) is 106 cm³/mol. The molecule has 1 aromatic heterocycles. The standard InChI is InChI=1S/C21H27N3O5/c1-5-27-21(26)24-11-9-23(10-12-24)20(25)18-17(16(4)29-22-18)13-28-19-14(2)7-6-8-15(19)3/h6-8H,5,9-13H2,1-4H3. The average molecular weight is 401 g/mol. The molecular weight excluding hydrogens is 374 g/mol. The summed E-state index contributed by atoms with van der Waals surface area (Å²) in [5.41, 5.74) is 2.97. The SMILES string of the molecule is CCOC(=O)N1CCN(C(=O)c2noc(C)c2COc2c(C)cccc2C)CC1. The van der Waals surface area contributed by atoms with Gasteiger partial charge in [-0.1, -0.05) is 23.4 Å². The number of ether oxygens (including phenoxy) is 2. The van der Waals surface area contributed by atoms with Crippen LogP contribution in [0.5, 0.6) is 5.75 Å². The predicted octanol–water partition coefficient (Wildman–Crippen LogP) is 3.09. The quantitative estimate of drug-likeness (QED) is 0.765. The summed E-state index contributed by atoms with van der Waals surface area (Å²) >= 11 is 0. The van der Waals surface area contributed by atoms with Crippen LogP contribution in [0.15, 0.2) is 22.7 Å². The maximum Gasteiger partial charge on any atom is 0.409 e. The van der Waals surface area contributed by atoms with Gasteiger partial charge in [-0.05, 0) is 38.8 Å². The zero-order valence-corrected chi connectivity index (χ0v) is 17.4. The molecule has 1 aromatic carbocycles. The largest absolute Gasteiger partial charge is 0.488 e. The van der Waals surface area contributed by atoms with Gasteiger partial charge in [0, 0.05) is 26.2 Å². The van der Waals surface area contributed by atoms with Crippen molar-refractivity contribution in [3.8, 4) is 5.75 Å². The van der Waals surface area contributed by atoms with Gasteiger partial charge in [-0.2, -0.15) is 0 Å². The lowest BCUT2D eigenvalue weighted by Crippen LogP contribution is -2.51. The number of carbonyl (C=O) groups excluding carboxylic acids is 2. The normalized spacial score (nSPS) is 14.1. The highest BCUT2D eigenvalue weighted by molar-refractivity contribution is 5.94. The van der Waals surface area contributed by atoms with E-state index in [4.69, 9.17) is 14.0 Å². The number of hydrogen-bond donors (Lipinski definition) is 0. The third kappa shape index (κ3) is 4.52. The van der Waals surface area contributed by atoms with E-state index in [9.17, 15) is 9.59 Å². The molecule has 1 saturated heterocycles. The molecule has 1 aliphatic heterocycles. The number of carbonyl (C=O) groups is 2. The number of benzene rings is 1. The summed E-state index contributed by atoms with van der Waals surface area (Å²) in [5.74, 6) is 1.14. The van der Waals surface area contributed by atoms with E-state index in [0.717, 1.165) is 16.9 Å². The van der Waals surface area contributed by atoms with Gasteiger partial charge in [0.2, 0.25) is 0 Å². The summed E-state index contributed by atoms with van der Waals surface area (Å²) in [6, 6.07) is 5.95. The summed E-state index contributed by atoms with van der Waals surface area (Å²) in [6.07, 6.45) is -0.348. The number of para-hydroxylation sites is 1. The number of rotatable bonds is 5. The lowest BCUT2D eigenvalue weighted by Gasteiger charge is -2.33. The van der Waals surface area contributed by atoms with E-state index in [-0.39, 0.29) is 24.3 Å². The molecule has 0 spiro atoms. The van der Waals surface area contributed by atoms with Crippen molar-refractivity contribution in [2.24, 2.45) is 0 Å². The Balaban J connectivity index is 1.68. The van der Waals surface area contributed by atoms with E-state index in [0.29, 0.717) is 44.1 Å². The van der Waals surface area contributed by atoms with Crippen LogP contribution in [0.4, 0.5) is 4.79 Å². The third-order valence-corrected chi connectivity index (χ3v) is 5.05. The number of piperazine rings is 1. The number of nitrogens with zero attached hydrogens (tertiary/aromatic N) is 3. The molecule has 3 rings (SSSR count). The second-order valence-electron chi connectivity index (χ2n) is 7.05. The monoisotopic (exact) mass is 401 g/mol. The minimum Gasteiger partial charge on any atom is -0.488 e. The van der Waals surface area contributed by atoms with Crippen molar-refractivity contribution in [3.05, 3.63) is 46.3 Å². The van der Waals surface area contributed by atoms with Gasteiger partial charge < -0.3 is 23.8 Å². The van der Waals surface area contributed by atoms with Crippen LogP contribution >= 0.6 is 0 Å². The molecule has 0 bridgehead atoms. The fourth-order valence-corrected chi connectivity index (χ4v) is 3.36.